The molecular formula is C15H18O4. The van der Waals surface area contributed by atoms with E-state index in [4.69, 9.17) is 14.2 Å². The topological polar surface area (TPSA) is 44.8 Å². The van der Waals surface area contributed by atoms with Gasteiger partial charge in [0.1, 0.15) is 17.1 Å². The molecule has 0 radical (unpaired) electrons. The van der Waals surface area contributed by atoms with Gasteiger partial charge in [-0.25, -0.2) is 0 Å². The van der Waals surface area contributed by atoms with Gasteiger partial charge in [0.05, 0.1) is 31.8 Å². The van der Waals surface area contributed by atoms with E-state index in [-0.39, 0.29) is 17.5 Å². The number of benzene rings is 1. The Morgan fingerprint density at radius 2 is 2.26 bits per heavy atom. The third-order valence-corrected chi connectivity index (χ3v) is 3.92. The van der Waals surface area contributed by atoms with Gasteiger partial charge in [-0.1, -0.05) is 0 Å². The van der Waals surface area contributed by atoms with Gasteiger partial charge >= 0.3 is 0 Å². The fourth-order valence-electron chi connectivity index (χ4n) is 2.98. The number of ether oxygens (including phenoxy) is 3. The highest BCUT2D eigenvalue weighted by Gasteiger charge is 2.43. The number of Topliss-reactive ketones (excluding diaryl/α,β-unsaturated/α-hetero) is 1. The molecule has 2 aliphatic rings. The van der Waals surface area contributed by atoms with Crippen LogP contribution in [0.2, 0.25) is 0 Å². The van der Waals surface area contributed by atoms with E-state index < -0.39 is 0 Å². The van der Waals surface area contributed by atoms with Crippen molar-refractivity contribution in [2.24, 2.45) is 0 Å². The molecule has 1 aromatic carbocycles. The van der Waals surface area contributed by atoms with Crippen molar-refractivity contribution in [3.05, 3.63) is 23.8 Å². The first-order valence-electron chi connectivity index (χ1n) is 6.64. The number of methoxy groups -OCH3 is 1. The van der Waals surface area contributed by atoms with E-state index in [0.29, 0.717) is 30.1 Å². The van der Waals surface area contributed by atoms with E-state index in [1.165, 1.54) is 0 Å². The quantitative estimate of drug-likeness (QED) is 0.780. The summed E-state index contributed by atoms with van der Waals surface area (Å²) >= 11 is 0. The average Bonchev–Trinajstić information content (AvgIpc) is 2.38. The Labute approximate surface area is 112 Å². The van der Waals surface area contributed by atoms with Crippen molar-refractivity contribution in [2.75, 3.05) is 13.7 Å². The number of hydrogen-bond acceptors (Lipinski definition) is 4. The van der Waals surface area contributed by atoms with Gasteiger partial charge in [-0.3, -0.25) is 4.79 Å². The van der Waals surface area contributed by atoms with Gasteiger partial charge in [0, 0.05) is 12.8 Å². The summed E-state index contributed by atoms with van der Waals surface area (Å²) in [7, 11) is 1.59. The van der Waals surface area contributed by atoms with Gasteiger partial charge in [-0.2, -0.15) is 0 Å². The van der Waals surface area contributed by atoms with E-state index in [1.807, 2.05) is 19.1 Å². The summed E-state index contributed by atoms with van der Waals surface area (Å²) in [5, 5.41) is 0. The monoisotopic (exact) mass is 262 g/mol. The molecule has 1 fully saturated rings. The van der Waals surface area contributed by atoms with Crippen LogP contribution >= 0.6 is 0 Å². The van der Waals surface area contributed by atoms with Gasteiger partial charge in [-0.05, 0) is 25.1 Å². The fraction of sp³-hybridized carbons (Fsp3) is 0.533. The second kappa shape index (κ2) is 4.53. The Bertz CT molecular complexity index is 511. The van der Waals surface area contributed by atoms with Crippen LogP contribution in [-0.4, -0.2) is 31.2 Å². The van der Waals surface area contributed by atoms with Crippen molar-refractivity contribution in [3.63, 3.8) is 0 Å². The fourth-order valence-corrected chi connectivity index (χ4v) is 2.98. The molecule has 3 rings (SSSR count). The molecular weight excluding hydrogens is 244 g/mol. The van der Waals surface area contributed by atoms with Crippen molar-refractivity contribution >= 4 is 5.78 Å². The third-order valence-electron chi connectivity index (χ3n) is 3.92. The van der Waals surface area contributed by atoms with Crippen LogP contribution in [0.4, 0.5) is 0 Å². The summed E-state index contributed by atoms with van der Waals surface area (Å²) in [6, 6.07) is 5.41. The van der Waals surface area contributed by atoms with Gasteiger partial charge in [0.25, 0.3) is 0 Å². The van der Waals surface area contributed by atoms with Gasteiger partial charge in [-0.15, -0.1) is 0 Å². The Kier molecular flexibility index (Phi) is 2.97. The summed E-state index contributed by atoms with van der Waals surface area (Å²) in [5.41, 5.74) is 0.250. The maximum atomic E-state index is 12.4. The molecule has 4 heteroatoms. The Morgan fingerprint density at radius 3 is 3.00 bits per heavy atom. The van der Waals surface area contributed by atoms with E-state index in [2.05, 4.69) is 0 Å². The van der Waals surface area contributed by atoms with Crippen molar-refractivity contribution in [2.45, 2.75) is 37.9 Å². The Hall–Kier alpha value is -1.55. The lowest BCUT2D eigenvalue weighted by molar-refractivity contribution is -0.0849. The first-order valence-corrected chi connectivity index (χ1v) is 6.64. The smallest absolute Gasteiger partial charge is 0.170 e. The lowest BCUT2D eigenvalue weighted by atomic mass is 9.82. The van der Waals surface area contributed by atoms with Crippen molar-refractivity contribution in [3.8, 4) is 11.5 Å². The van der Waals surface area contributed by atoms with Crippen molar-refractivity contribution in [1.29, 1.82) is 0 Å². The molecule has 19 heavy (non-hydrogen) atoms. The second-order valence-electron chi connectivity index (χ2n) is 5.38. The minimum Gasteiger partial charge on any atom is -0.497 e. The molecule has 0 N–H and O–H groups in total. The Balaban J connectivity index is 1.94. The van der Waals surface area contributed by atoms with Crippen molar-refractivity contribution in [1.82, 2.24) is 0 Å². The van der Waals surface area contributed by atoms with Crippen LogP contribution in [0.25, 0.3) is 0 Å². The average molecular weight is 262 g/mol. The summed E-state index contributed by atoms with van der Waals surface area (Å²) in [6.45, 7) is 2.68. The summed E-state index contributed by atoms with van der Waals surface area (Å²) in [5.74, 6) is 1.49. The molecule has 2 unspecified atom stereocenters. The Morgan fingerprint density at radius 1 is 1.42 bits per heavy atom. The molecule has 1 aromatic rings. The number of fused-ring (bicyclic) bond motifs is 1. The molecule has 0 amide bonds. The number of ketones is 1. The first kappa shape index (κ1) is 12.5. The number of hydrogen-bond donors (Lipinski definition) is 0. The highest BCUT2D eigenvalue weighted by Crippen LogP contribution is 2.41. The highest BCUT2D eigenvalue weighted by atomic mass is 16.5. The van der Waals surface area contributed by atoms with Crippen LogP contribution in [0.3, 0.4) is 0 Å². The maximum absolute atomic E-state index is 12.4. The summed E-state index contributed by atoms with van der Waals surface area (Å²) in [6.07, 6.45) is 2.11. The zero-order valence-corrected chi connectivity index (χ0v) is 11.3. The molecule has 1 saturated heterocycles. The number of carbonyl (C=O) groups excluding carboxylic acids is 1. The molecule has 0 aromatic heterocycles. The standard InChI is InChI=1S/C15H18O4/c1-10-8-15(5-6-18-10)9-13(16)12-7-11(17-2)3-4-14(12)19-15/h3-4,7,10H,5-6,8-9H2,1-2H3. The zero-order valence-electron chi connectivity index (χ0n) is 11.3. The molecule has 1 spiro atoms. The summed E-state index contributed by atoms with van der Waals surface area (Å²) in [4.78, 5) is 12.4. The molecule has 2 aliphatic heterocycles. The van der Waals surface area contributed by atoms with Gasteiger partial charge in [0.2, 0.25) is 0 Å². The molecule has 0 saturated carbocycles. The molecule has 0 bridgehead atoms. The van der Waals surface area contributed by atoms with Gasteiger partial charge in [0.15, 0.2) is 5.78 Å². The van der Waals surface area contributed by atoms with Crippen LogP contribution in [0, 0.1) is 0 Å². The lowest BCUT2D eigenvalue weighted by Crippen LogP contribution is -2.48. The highest BCUT2D eigenvalue weighted by molar-refractivity contribution is 6.00. The molecule has 2 heterocycles. The molecule has 2 atom stereocenters. The lowest BCUT2D eigenvalue weighted by Gasteiger charge is -2.42. The normalized spacial score (nSPS) is 29.8. The number of carbonyl (C=O) groups is 1. The minimum atomic E-state index is -0.379. The van der Waals surface area contributed by atoms with Crippen molar-refractivity contribution < 1.29 is 19.0 Å². The maximum Gasteiger partial charge on any atom is 0.170 e. The largest absolute Gasteiger partial charge is 0.497 e. The van der Waals surface area contributed by atoms with Crippen LogP contribution < -0.4 is 9.47 Å². The predicted octanol–water partition coefficient (Wildman–Crippen LogP) is 2.60. The second-order valence-corrected chi connectivity index (χ2v) is 5.38. The SMILES string of the molecule is COc1ccc2c(c1)C(=O)CC1(CCOC(C)C1)O2. The van der Waals surface area contributed by atoms with Crippen LogP contribution in [0.15, 0.2) is 18.2 Å². The van der Waals surface area contributed by atoms with Crippen LogP contribution in [0.5, 0.6) is 11.5 Å². The van der Waals surface area contributed by atoms with E-state index in [0.717, 1.165) is 12.8 Å². The zero-order chi connectivity index (χ0) is 13.5. The third kappa shape index (κ3) is 2.21. The minimum absolute atomic E-state index is 0.134. The first-order chi connectivity index (χ1) is 9.12. The number of rotatable bonds is 1. The van der Waals surface area contributed by atoms with E-state index in [1.54, 1.807) is 13.2 Å². The summed E-state index contributed by atoms with van der Waals surface area (Å²) < 4.78 is 16.9. The van der Waals surface area contributed by atoms with Gasteiger partial charge < -0.3 is 14.2 Å². The molecule has 102 valence electrons. The van der Waals surface area contributed by atoms with Crippen LogP contribution in [-0.2, 0) is 4.74 Å². The predicted molar refractivity (Wildman–Crippen MR) is 69.9 cm³/mol. The van der Waals surface area contributed by atoms with E-state index >= 15 is 0 Å². The van der Waals surface area contributed by atoms with Crippen LogP contribution in [0.1, 0.15) is 36.5 Å². The molecule has 4 nitrogen and oxygen atoms in total. The molecule has 0 aliphatic carbocycles. The van der Waals surface area contributed by atoms with E-state index in [9.17, 15) is 4.79 Å².